The number of anilines is 2. The molecule has 0 spiro atoms. The number of hydrogen-bond donors (Lipinski definition) is 2. The van der Waals surface area contributed by atoms with Crippen LogP contribution in [0.5, 0.6) is 0 Å². The minimum Gasteiger partial charge on any atom is -0.354 e. The maximum atomic E-state index is 13.1. The van der Waals surface area contributed by atoms with Gasteiger partial charge in [-0.05, 0) is 36.8 Å². The van der Waals surface area contributed by atoms with Gasteiger partial charge in [-0.25, -0.2) is 4.98 Å². The van der Waals surface area contributed by atoms with E-state index in [9.17, 15) is 14.4 Å². The number of carbonyl (C=O) groups is 3. The highest BCUT2D eigenvalue weighted by Gasteiger charge is 2.35. The van der Waals surface area contributed by atoms with Gasteiger partial charge in [-0.15, -0.1) is 0 Å². The van der Waals surface area contributed by atoms with Crippen LogP contribution in [0, 0.1) is 6.92 Å². The summed E-state index contributed by atoms with van der Waals surface area (Å²) in [6, 6.07) is 12.5. The molecule has 3 heterocycles. The number of hydrogen-bond acceptors (Lipinski definition) is 6. The smallest absolute Gasteiger partial charge is 0.243 e. The van der Waals surface area contributed by atoms with Crippen LogP contribution in [0.2, 0.25) is 0 Å². The Bertz CT molecular complexity index is 991. The number of aryl methyl sites for hydroxylation is 1. The van der Waals surface area contributed by atoms with Crippen molar-refractivity contribution in [2.75, 3.05) is 56.0 Å². The molecule has 9 nitrogen and oxygen atoms in total. The maximum Gasteiger partial charge on any atom is 0.243 e. The second kappa shape index (κ2) is 10.4. The maximum absolute atomic E-state index is 13.1. The molecule has 1 aromatic carbocycles. The third-order valence-corrected chi connectivity index (χ3v) is 6.04. The molecule has 0 radical (unpaired) electrons. The fourth-order valence-electron chi connectivity index (χ4n) is 4.28. The largest absolute Gasteiger partial charge is 0.354 e. The topological polar surface area (TPSA) is 97.9 Å². The van der Waals surface area contributed by atoms with Crippen molar-refractivity contribution in [2.45, 2.75) is 19.4 Å². The van der Waals surface area contributed by atoms with Gasteiger partial charge in [-0.2, -0.15) is 0 Å². The molecule has 0 bridgehead atoms. The van der Waals surface area contributed by atoms with Gasteiger partial charge in [0.1, 0.15) is 11.9 Å². The van der Waals surface area contributed by atoms with Crippen molar-refractivity contribution in [3.05, 3.63) is 54.2 Å². The van der Waals surface area contributed by atoms with E-state index in [1.54, 1.807) is 17.2 Å². The summed E-state index contributed by atoms with van der Waals surface area (Å²) >= 11 is 0. The zero-order chi connectivity index (χ0) is 23.2. The first kappa shape index (κ1) is 22.7. The third kappa shape index (κ3) is 5.87. The number of carbonyl (C=O) groups excluding carboxylic acids is 3. The molecule has 2 N–H and O–H groups in total. The second-order valence-corrected chi connectivity index (χ2v) is 8.47. The minimum atomic E-state index is -0.800. The lowest BCUT2D eigenvalue weighted by Gasteiger charge is -2.38. The highest BCUT2D eigenvalue weighted by Crippen LogP contribution is 2.16. The Hall–Kier alpha value is -3.46. The lowest BCUT2D eigenvalue weighted by atomic mass is 10.1. The van der Waals surface area contributed by atoms with Crippen LogP contribution in [-0.2, 0) is 14.4 Å². The fourth-order valence-corrected chi connectivity index (χ4v) is 4.28. The minimum absolute atomic E-state index is 0.0705. The molecule has 2 saturated heterocycles. The van der Waals surface area contributed by atoms with E-state index in [-0.39, 0.29) is 30.7 Å². The standard InChI is InChI=1S/C24H30N6O3/c1-18-5-4-6-19(15-18)27-22(31)16-20-24(33)26-9-10-30(20)23(32)17-28-11-13-29(14-12-28)21-7-2-3-8-25-21/h2-8,15,20H,9-14,16-17H2,1H3,(H,26,33)(H,27,31)/t20-/m1/s1. The van der Waals surface area contributed by atoms with Gasteiger partial charge in [-0.3, -0.25) is 19.3 Å². The van der Waals surface area contributed by atoms with Crippen LogP contribution in [0.25, 0.3) is 0 Å². The van der Waals surface area contributed by atoms with Crippen molar-refractivity contribution in [1.29, 1.82) is 0 Å². The number of pyridine rings is 1. The monoisotopic (exact) mass is 450 g/mol. The number of rotatable bonds is 6. The van der Waals surface area contributed by atoms with Gasteiger partial charge in [0.05, 0.1) is 13.0 Å². The molecule has 3 amide bonds. The van der Waals surface area contributed by atoms with E-state index in [0.29, 0.717) is 18.8 Å². The molecule has 0 aliphatic carbocycles. The van der Waals surface area contributed by atoms with Crippen LogP contribution < -0.4 is 15.5 Å². The van der Waals surface area contributed by atoms with Crippen molar-refractivity contribution < 1.29 is 14.4 Å². The average Bonchev–Trinajstić information content (AvgIpc) is 2.81. The van der Waals surface area contributed by atoms with Crippen molar-refractivity contribution in [3.8, 4) is 0 Å². The zero-order valence-corrected chi connectivity index (χ0v) is 18.9. The van der Waals surface area contributed by atoms with Crippen LogP contribution in [0.1, 0.15) is 12.0 Å². The van der Waals surface area contributed by atoms with Crippen molar-refractivity contribution in [1.82, 2.24) is 20.1 Å². The Balaban J connectivity index is 1.32. The van der Waals surface area contributed by atoms with Crippen LogP contribution in [-0.4, -0.2) is 84.4 Å². The predicted molar refractivity (Wildman–Crippen MR) is 126 cm³/mol. The van der Waals surface area contributed by atoms with Gasteiger partial charge in [0, 0.05) is 51.2 Å². The van der Waals surface area contributed by atoms with Crippen LogP contribution in [0.15, 0.2) is 48.7 Å². The van der Waals surface area contributed by atoms with Gasteiger partial charge >= 0.3 is 0 Å². The van der Waals surface area contributed by atoms with Crippen molar-refractivity contribution >= 4 is 29.2 Å². The number of nitrogens with one attached hydrogen (secondary N) is 2. The Morgan fingerprint density at radius 1 is 1.09 bits per heavy atom. The first-order valence-corrected chi connectivity index (χ1v) is 11.3. The van der Waals surface area contributed by atoms with Crippen LogP contribution >= 0.6 is 0 Å². The number of benzene rings is 1. The van der Waals surface area contributed by atoms with E-state index in [4.69, 9.17) is 0 Å². The lowest BCUT2D eigenvalue weighted by Crippen LogP contribution is -2.60. The number of aromatic nitrogens is 1. The summed E-state index contributed by atoms with van der Waals surface area (Å²) in [6.45, 7) is 6.02. The Morgan fingerprint density at radius 3 is 2.64 bits per heavy atom. The van der Waals surface area contributed by atoms with Crippen molar-refractivity contribution in [3.63, 3.8) is 0 Å². The molecule has 0 saturated carbocycles. The number of nitrogens with zero attached hydrogens (tertiary/aromatic N) is 4. The summed E-state index contributed by atoms with van der Waals surface area (Å²) in [5, 5.41) is 5.62. The van der Waals surface area contributed by atoms with Gasteiger partial charge in [0.2, 0.25) is 17.7 Å². The molecular formula is C24H30N6O3. The van der Waals surface area contributed by atoms with Gasteiger partial charge < -0.3 is 20.4 Å². The van der Waals surface area contributed by atoms with E-state index in [1.807, 2.05) is 43.3 Å². The summed E-state index contributed by atoms with van der Waals surface area (Å²) in [5.74, 6) is 0.249. The fraction of sp³-hybridized carbons (Fsp3) is 0.417. The Kier molecular flexibility index (Phi) is 7.19. The second-order valence-electron chi connectivity index (χ2n) is 8.47. The van der Waals surface area contributed by atoms with Crippen LogP contribution in [0.4, 0.5) is 11.5 Å². The third-order valence-electron chi connectivity index (χ3n) is 6.04. The first-order chi connectivity index (χ1) is 16.0. The molecule has 1 atom stereocenters. The lowest BCUT2D eigenvalue weighted by molar-refractivity contribution is -0.145. The molecule has 174 valence electrons. The molecular weight excluding hydrogens is 420 g/mol. The zero-order valence-electron chi connectivity index (χ0n) is 18.9. The van der Waals surface area contributed by atoms with E-state index in [1.165, 1.54) is 0 Å². The Morgan fingerprint density at radius 2 is 1.91 bits per heavy atom. The van der Waals surface area contributed by atoms with Crippen molar-refractivity contribution in [2.24, 2.45) is 0 Å². The van der Waals surface area contributed by atoms with E-state index in [2.05, 4.69) is 25.4 Å². The molecule has 0 unspecified atom stereocenters. The summed E-state index contributed by atoms with van der Waals surface area (Å²) in [5.41, 5.74) is 1.71. The number of piperazine rings is 2. The van der Waals surface area contributed by atoms with E-state index < -0.39 is 6.04 Å². The number of amides is 3. The molecule has 2 aliphatic rings. The Labute approximate surface area is 193 Å². The average molecular weight is 451 g/mol. The first-order valence-electron chi connectivity index (χ1n) is 11.3. The highest BCUT2D eigenvalue weighted by molar-refractivity contribution is 5.97. The normalized spacial score (nSPS) is 19.2. The predicted octanol–water partition coefficient (Wildman–Crippen LogP) is 0.868. The molecule has 2 fully saturated rings. The van der Waals surface area contributed by atoms with Gasteiger partial charge in [0.15, 0.2) is 0 Å². The molecule has 9 heteroatoms. The molecule has 2 aromatic rings. The molecule has 1 aromatic heterocycles. The van der Waals surface area contributed by atoms with Gasteiger partial charge in [0.25, 0.3) is 0 Å². The van der Waals surface area contributed by atoms with E-state index >= 15 is 0 Å². The van der Waals surface area contributed by atoms with E-state index in [0.717, 1.165) is 37.6 Å². The summed E-state index contributed by atoms with van der Waals surface area (Å²) in [7, 11) is 0. The molecule has 33 heavy (non-hydrogen) atoms. The highest BCUT2D eigenvalue weighted by atomic mass is 16.2. The summed E-state index contributed by atoms with van der Waals surface area (Å²) in [4.78, 5) is 48.5. The quantitative estimate of drug-likeness (QED) is 0.678. The van der Waals surface area contributed by atoms with Gasteiger partial charge in [-0.1, -0.05) is 18.2 Å². The SMILES string of the molecule is Cc1cccc(NC(=O)C[C@@H]2C(=O)NCCN2C(=O)CN2CCN(c3ccccn3)CC2)c1. The molecule has 2 aliphatic heterocycles. The van der Waals surface area contributed by atoms with Crippen LogP contribution in [0.3, 0.4) is 0 Å². The molecule has 4 rings (SSSR count). The summed E-state index contributed by atoms with van der Waals surface area (Å²) in [6.07, 6.45) is 1.71. The summed E-state index contributed by atoms with van der Waals surface area (Å²) < 4.78 is 0.